The number of benzene rings is 1. The van der Waals surface area contributed by atoms with Gasteiger partial charge in [0.1, 0.15) is 5.69 Å². The molecule has 176 valence electrons. The topological polar surface area (TPSA) is 66.4 Å². The van der Waals surface area contributed by atoms with Crippen LogP contribution in [0.3, 0.4) is 0 Å². The molecule has 2 aliphatic heterocycles. The summed E-state index contributed by atoms with van der Waals surface area (Å²) in [5, 5.41) is 0. The van der Waals surface area contributed by atoms with Crippen LogP contribution >= 0.6 is 0 Å². The Labute approximate surface area is 197 Å². The molecule has 0 bridgehead atoms. The fraction of sp³-hybridized carbons (Fsp3) is 0.556. The van der Waals surface area contributed by atoms with Crippen LogP contribution in [-0.4, -0.2) is 57.3 Å². The van der Waals surface area contributed by atoms with Crippen LogP contribution in [-0.2, 0) is 10.2 Å². The average Bonchev–Trinajstić information content (AvgIpc) is 2.84. The van der Waals surface area contributed by atoms with Crippen LogP contribution < -0.4 is 0 Å². The molecule has 0 spiro atoms. The van der Waals surface area contributed by atoms with Gasteiger partial charge in [-0.25, -0.2) is 4.98 Å². The second kappa shape index (κ2) is 9.62. The van der Waals surface area contributed by atoms with Gasteiger partial charge in [-0.3, -0.25) is 14.6 Å². The number of likely N-dealkylation sites (tertiary alicyclic amines) is 2. The lowest BCUT2D eigenvalue weighted by Gasteiger charge is -2.44. The first-order valence-electron chi connectivity index (χ1n) is 12.2. The van der Waals surface area contributed by atoms with Crippen LogP contribution in [0.15, 0.2) is 36.7 Å². The molecule has 0 radical (unpaired) electrons. The summed E-state index contributed by atoms with van der Waals surface area (Å²) in [5.74, 6) is 0.599. The first-order chi connectivity index (χ1) is 15.8. The molecule has 2 fully saturated rings. The lowest BCUT2D eigenvalue weighted by atomic mass is 9.80. The number of nitrogens with zero attached hydrogens (tertiary/aromatic N) is 4. The highest BCUT2D eigenvalue weighted by Gasteiger charge is 2.39. The molecule has 0 aliphatic carbocycles. The molecule has 1 aromatic heterocycles. The van der Waals surface area contributed by atoms with Crippen molar-refractivity contribution in [1.82, 2.24) is 19.8 Å². The molecule has 2 saturated heterocycles. The molecule has 1 aromatic carbocycles. The molecule has 4 rings (SSSR count). The summed E-state index contributed by atoms with van der Waals surface area (Å²) in [7, 11) is 0. The molecular weight excluding hydrogens is 412 g/mol. The number of aryl methyl sites for hydroxylation is 2. The summed E-state index contributed by atoms with van der Waals surface area (Å²) in [6, 6.07) is 8.50. The third-order valence-electron chi connectivity index (χ3n) is 7.49. The summed E-state index contributed by atoms with van der Waals surface area (Å²) in [6.45, 7) is 10.3. The SMILES string of the molecule is Cc1ccc(C(C)(C)C(=O)N2CCC(C3CCCCN3C(=O)c3cnc(C)cn3)CC2)cc1. The largest absolute Gasteiger partial charge is 0.342 e. The van der Waals surface area contributed by atoms with E-state index in [1.807, 2.05) is 30.6 Å². The summed E-state index contributed by atoms with van der Waals surface area (Å²) in [4.78, 5) is 39.3. The molecule has 0 N–H and O–H groups in total. The Morgan fingerprint density at radius 2 is 1.61 bits per heavy atom. The quantitative estimate of drug-likeness (QED) is 0.699. The van der Waals surface area contributed by atoms with Crippen molar-refractivity contribution < 1.29 is 9.59 Å². The maximum Gasteiger partial charge on any atom is 0.274 e. The molecule has 0 saturated carbocycles. The van der Waals surface area contributed by atoms with Gasteiger partial charge in [-0.2, -0.15) is 0 Å². The van der Waals surface area contributed by atoms with Crippen LogP contribution in [0.5, 0.6) is 0 Å². The van der Waals surface area contributed by atoms with Gasteiger partial charge < -0.3 is 9.80 Å². The van der Waals surface area contributed by atoms with Crippen molar-refractivity contribution in [1.29, 1.82) is 0 Å². The lowest BCUT2D eigenvalue weighted by Crippen LogP contribution is -2.52. The Balaban J connectivity index is 1.41. The van der Waals surface area contributed by atoms with Crippen LogP contribution in [0, 0.1) is 19.8 Å². The Hall–Kier alpha value is -2.76. The predicted octanol–water partition coefficient (Wildman–Crippen LogP) is 4.30. The number of hydrogen-bond donors (Lipinski definition) is 0. The van der Waals surface area contributed by atoms with Crippen molar-refractivity contribution in [2.24, 2.45) is 5.92 Å². The zero-order valence-electron chi connectivity index (χ0n) is 20.4. The number of carbonyl (C=O) groups is 2. The van der Waals surface area contributed by atoms with Gasteiger partial charge in [-0.1, -0.05) is 29.8 Å². The molecule has 1 unspecified atom stereocenters. The summed E-state index contributed by atoms with van der Waals surface area (Å²) >= 11 is 0. The van der Waals surface area contributed by atoms with Crippen LogP contribution in [0.4, 0.5) is 0 Å². The van der Waals surface area contributed by atoms with Crippen molar-refractivity contribution in [2.45, 2.75) is 71.3 Å². The Bertz CT molecular complexity index is 976. The van der Waals surface area contributed by atoms with E-state index >= 15 is 0 Å². The highest BCUT2D eigenvalue weighted by Crippen LogP contribution is 2.33. The van der Waals surface area contributed by atoms with E-state index in [0.29, 0.717) is 11.6 Å². The van der Waals surface area contributed by atoms with Crippen molar-refractivity contribution in [3.63, 3.8) is 0 Å². The molecule has 3 heterocycles. The van der Waals surface area contributed by atoms with Crippen LogP contribution in [0.2, 0.25) is 0 Å². The number of aromatic nitrogens is 2. The van der Waals surface area contributed by atoms with Gasteiger partial charge in [0.15, 0.2) is 0 Å². The van der Waals surface area contributed by atoms with Gasteiger partial charge in [-0.05, 0) is 71.3 Å². The Morgan fingerprint density at radius 3 is 2.24 bits per heavy atom. The zero-order chi connectivity index (χ0) is 23.6. The minimum atomic E-state index is -0.544. The fourth-order valence-corrected chi connectivity index (χ4v) is 5.33. The zero-order valence-corrected chi connectivity index (χ0v) is 20.4. The lowest BCUT2D eigenvalue weighted by molar-refractivity contribution is -0.138. The number of rotatable bonds is 4. The van der Waals surface area contributed by atoms with E-state index in [1.54, 1.807) is 12.4 Å². The van der Waals surface area contributed by atoms with Crippen molar-refractivity contribution in [3.8, 4) is 0 Å². The highest BCUT2D eigenvalue weighted by molar-refractivity contribution is 5.92. The highest BCUT2D eigenvalue weighted by atomic mass is 16.2. The molecule has 6 nitrogen and oxygen atoms in total. The minimum Gasteiger partial charge on any atom is -0.342 e. The summed E-state index contributed by atoms with van der Waals surface area (Å²) in [5.41, 5.74) is 2.96. The summed E-state index contributed by atoms with van der Waals surface area (Å²) in [6.07, 6.45) is 8.33. The van der Waals surface area contributed by atoms with Gasteiger partial charge in [0.2, 0.25) is 5.91 Å². The van der Waals surface area contributed by atoms with Crippen molar-refractivity contribution >= 4 is 11.8 Å². The van der Waals surface area contributed by atoms with Gasteiger partial charge in [0.25, 0.3) is 5.91 Å². The van der Waals surface area contributed by atoms with Gasteiger partial charge in [-0.15, -0.1) is 0 Å². The average molecular weight is 449 g/mol. The van der Waals surface area contributed by atoms with Gasteiger partial charge in [0.05, 0.1) is 17.3 Å². The Kier molecular flexibility index (Phi) is 6.82. The molecule has 1 atom stereocenters. The molecular formula is C27H36N4O2. The number of carbonyl (C=O) groups excluding carboxylic acids is 2. The van der Waals surface area contributed by atoms with E-state index in [1.165, 1.54) is 5.56 Å². The minimum absolute atomic E-state index is 0.00814. The number of amides is 2. The molecule has 6 heteroatoms. The third kappa shape index (κ3) is 4.94. The number of piperidine rings is 2. The van der Waals surface area contributed by atoms with E-state index in [9.17, 15) is 9.59 Å². The van der Waals surface area contributed by atoms with Crippen LogP contribution in [0.1, 0.15) is 73.3 Å². The maximum atomic E-state index is 13.4. The first-order valence-corrected chi connectivity index (χ1v) is 12.2. The Morgan fingerprint density at radius 1 is 0.909 bits per heavy atom. The van der Waals surface area contributed by atoms with E-state index in [0.717, 1.165) is 63.0 Å². The standard InChI is InChI=1S/C27H36N4O2/c1-19-8-10-22(11-9-19)27(3,4)26(33)30-15-12-21(13-16-30)24-7-5-6-14-31(24)25(32)23-18-28-20(2)17-29-23/h8-11,17-18,21,24H,5-7,12-16H2,1-4H3. The number of hydrogen-bond acceptors (Lipinski definition) is 4. The normalized spacial score (nSPS) is 20.1. The third-order valence-corrected chi connectivity index (χ3v) is 7.49. The van der Waals surface area contributed by atoms with E-state index in [4.69, 9.17) is 0 Å². The molecule has 2 aliphatic rings. The molecule has 2 aromatic rings. The first kappa shape index (κ1) is 23.4. The molecule has 33 heavy (non-hydrogen) atoms. The van der Waals surface area contributed by atoms with E-state index < -0.39 is 5.41 Å². The predicted molar refractivity (Wildman–Crippen MR) is 129 cm³/mol. The fourth-order valence-electron chi connectivity index (χ4n) is 5.33. The summed E-state index contributed by atoms with van der Waals surface area (Å²) < 4.78 is 0. The smallest absolute Gasteiger partial charge is 0.274 e. The molecule has 2 amide bonds. The van der Waals surface area contributed by atoms with E-state index in [2.05, 4.69) is 41.2 Å². The van der Waals surface area contributed by atoms with Crippen LogP contribution in [0.25, 0.3) is 0 Å². The van der Waals surface area contributed by atoms with Crippen molar-refractivity contribution in [3.05, 3.63) is 59.2 Å². The second-order valence-electron chi connectivity index (χ2n) is 10.2. The monoisotopic (exact) mass is 448 g/mol. The maximum absolute atomic E-state index is 13.4. The second-order valence-corrected chi connectivity index (χ2v) is 10.2. The van der Waals surface area contributed by atoms with E-state index in [-0.39, 0.29) is 17.9 Å². The van der Waals surface area contributed by atoms with Crippen molar-refractivity contribution in [2.75, 3.05) is 19.6 Å². The van der Waals surface area contributed by atoms with Gasteiger partial charge in [0, 0.05) is 31.9 Å². The van der Waals surface area contributed by atoms with Gasteiger partial charge >= 0.3 is 0 Å².